The maximum Gasteiger partial charge on any atom is 0.320 e. The van der Waals surface area contributed by atoms with Gasteiger partial charge in [-0.2, -0.15) is 0 Å². The van der Waals surface area contributed by atoms with Crippen molar-refractivity contribution in [1.29, 1.82) is 0 Å². The summed E-state index contributed by atoms with van der Waals surface area (Å²) >= 11 is 3.54. The van der Waals surface area contributed by atoms with Crippen molar-refractivity contribution in [3.8, 4) is 11.5 Å². The highest BCUT2D eigenvalue weighted by molar-refractivity contribution is 9.10. The second kappa shape index (κ2) is 9.89. The van der Waals surface area contributed by atoms with E-state index in [0.717, 1.165) is 10.0 Å². The van der Waals surface area contributed by atoms with Crippen LogP contribution in [-0.4, -0.2) is 29.8 Å². The Hall–Kier alpha value is -1.27. The maximum absolute atomic E-state index is 11.4. The van der Waals surface area contributed by atoms with Gasteiger partial charge < -0.3 is 19.9 Å². The molecule has 1 aromatic carbocycles. The Labute approximate surface area is 152 Å². The van der Waals surface area contributed by atoms with Crippen molar-refractivity contribution in [2.24, 2.45) is 5.92 Å². The normalized spacial score (nSPS) is 12.5. The van der Waals surface area contributed by atoms with E-state index >= 15 is 0 Å². The largest absolute Gasteiger partial charge is 0.490 e. The smallest absolute Gasteiger partial charge is 0.320 e. The van der Waals surface area contributed by atoms with Gasteiger partial charge >= 0.3 is 5.97 Å². The van der Waals surface area contributed by atoms with E-state index in [1.807, 2.05) is 46.8 Å². The standard InChI is InChI=1S/C18H28BrNO4/c1-6-23-16-8-13(14(19)9-17(16)24-12(4)5)10-20-15(18(21)22)7-11(2)3/h8-9,11-12,15,20H,6-7,10H2,1-5H3,(H,21,22). The Morgan fingerprint density at radius 2 is 1.92 bits per heavy atom. The number of ether oxygens (including phenoxy) is 2. The highest BCUT2D eigenvalue weighted by Crippen LogP contribution is 2.34. The molecule has 0 aliphatic heterocycles. The van der Waals surface area contributed by atoms with Crippen LogP contribution in [0, 0.1) is 5.92 Å². The monoisotopic (exact) mass is 401 g/mol. The van der Waals surface area contributed by atoms with Gasteiger partial charge in [-0.25, -0.2) is 0 Å². The van der Waals surface area contributed by atoms with Gasteiger partial charge in [-0.15, -0.1) is 0 Å². The molecule has 0 aliphatic rings. The third-order valence-corrected chi connectivity index (χ3v) is 4.06. The lowest BCUT2D eigenvalue weighted by Gasteiger charge is -2.19. The van der Waals surface area contributed by atoms with Gasteiger partial charge in [0, 0.05) is 11.0 Å². The van der Waals surface area contributed by atoms with Crippen LogP contribution in [0.25, 0.3) is 0 Å². The number of carbonyl (C=O) groups is 1. The van der Waals surface area contributed by atoms with Gasteiger partial charge in [0.2, 0.25) is 0 Å². The molecular formula is C18H28BrNO4. The first-order valence-corrected chi connectivity index (χ1v) is 9.11. The third kappa shape index (κ3) is 6.69. The first-order chi connectivity index (χ1) is 11.2. The van der Waals surface area contributed by atoms with Crippen molar-refractivity contribution < 1.29 is 19.4 Å². The maximum atomic E-state index is 11.4. The molecule has 136 valence electrons. The van der Waals surface area contributed by atoms with Gasteiger partial charge in [-0.05, 0) is 50.8 Å². The molecule has 0 aliphatic carbocycles. The molecule has 0 saturated carbocycles. The lowest BCUT2D eigenvalue weighted by molar-refractivity contribution is -0.140. The van der Waals surface area contributed by atoms with Crippen molar-refractivity contribution in [1.82, 2.24) is 5.32 Å². The zero-order valence-electron chi connectivity index (χ0n) is 15.1. The molecule has 0 saturated heterocycles. The second-order valence-corrected chi connectivity index (χ2v) is 7.25. The summed E-state index contributed by atoms with van der Waals surface area (Å²) in [7, 11) is 0. The molecule has 0 radical (unpaired) electrons. The Kier molecular flexibility index (Phi) is 8.56. The predicted octanol–water partition coefficient (Wildman–Crippen LogP) is 4.22. The molecule has 0 heterocycles. The number of hydrogen-bond donors (Lipinski definition) is 2. The molecule has 1 rings (SSSR count). The molecular weight excluding hydrogens is 374 g/mol. The zero-order chi connectivity index (χ0) is 18.3. The second-order valence-electron chi connectivity index (χ2n) is 6.39. The van der Waals surface area contributed by atoms with E-state index < -0.39 is 12.0 Å². The molecule has 0 aromatic heterocycles. The molecule has 2 N–H and O–H groups in total. The van der Waals surface area contributed by atoms with Crippen molar-refractivity contribution in [3.05, 3.63) is 22.2 Å². The first kappa shape index (κ1) is 20.8. The van der Waals surface area contributed by atoms with Crippen molar-refractivity contribution >= 4 is 21.9 Å². The lowest BCUT2D eigenvalue weighted by atomic mass is 10.0. The van der Waals surface area contributed by atoms with Crippen LogP contribution in [0.5, 0.6) is 11.5 Å². The van der Waals surface area contributed by atoms with Gasteiger partial charge in [-0.3, -0.25) is 4.79 Å². The minimum absolute atomic E-state index is 0.0440. The Bertz CT molecular complexity index is 546. The van der Waals surface area contributed by atoms with E-state index in [-0.39, 0.29) is 6.10 Å². The number of halogens is 1. The molecule has 1 aromatic rings. The Balaban J connectivity index is 2.94. The number of hydrogen-bond acceptors (Lipinski definition) is 4. The first-order valence-electron chi connectivity index (χ1n) is 8.32. The summed E-state index contributed by atoms with van der Waals surface area (Å²) in [6, 6.07) is 3.20. The van der Waals surface area contributed by atoms with E-state index in [1.54, 1.807) is 0 Å². The van der Waals surface area contributed by atoms with E-state index in [9.17, 15) is 9.90 Å². The molecule has 0 bridgehead atoms. The summed E-state index contributed by atoms with van der Waals surface area (Å²) in [6.45, 7) is 10.8. The van der Waals surface area contributed by atoms with Crippen LogP contribution < -0.4 is 14.8 Å². The number of rotatable bonds is 10. The molecule has 24 heavy (non-hydrogen) atoms. The molecule has 1 atom stereocenters. The average Bonchev–Trinajstić information content (AvgIpc) is 2.46. The number of carboxylic acid groups (broad SMARTS) is 1. The molecule has 1 unspecified atom stereocenters. The van der Waals surface area contributed by atoms with Crippen molar-refractivity contribution in [2.75, 3.05) is 6.61 Å². The zero-order valence-corrected chi connectivity index (χ0v) is 16.6. The minimum atomic E-state index is -0.829. The summed E-state index contributed by atoms with van der Waals surface area (Å²) < 4.78 is 12.3. The number of nitrogens with one attached hydrogen (secondary N) is 1. The van der Waals surface area contributed by atoms with Gasteiger partial charge in [0.05, 0.1) is 12.7 Å². The topological polar surface area (TPSA) is 67.8 Å². The number of aliphatic carboxylic acids is 1. The average molecular weight is 402 g/mol. The quantitative estimate of drug-likeness (QED) is 0.613. The van der Waals surface area contributed by atoms with Crippen molar-refractivity contribution in [2.45, 2.75) is 59.7 Å². The molecule has 0 amide bonds. The van der Waals surface area contributed by atoms with E-state index in [2.05, 4.69) is 21.2 Å². The van der Waals surface area contributed by atoms with Crippen molar-refractivity contribution in [3.63, 3.8) is 0 Å². The van der Waals surface area contributed by atoms with Crippen LogP contribution in [0.1, 0.15) is 46.6 Å². The highest BCUT2D eigenvalue weighted by Gasteiger charge is 2.19. The Morgan fingerprint density at radius 3 is 2.42 bits per heavy atom. The highest BCUT2D eigenvalue weighted by atomic mass is 79.9. The summed E-state index contributed by atoms with van der Waals surface area (Å²) in [5.41, 5.74) is 0.935. The number of carboxylic acids is 1. The van der Waals surface area contributed by atoms with Gasteiger partial charge in [0.25, 0.3) is 0 Å². The van der Waals surface area contributed by atoms with Crippen LogP contribution >= 0.6 is 15.9 Å². The van der Waals surface area contributed by atoms with Gasteiger partial charge in [-0.1, -0.05) is 29.8 Å². The van der Waals surface area contributed by atoms with Crippen LogP contribution in [0.15, 0.2) is 16.6 Å². The summed E-state index contributed by atoms with van der Waals surface area (Å²) in [6.07, 6.45) is 0.627. The molecule has 6 heteroatoms. The van der Waals surface area contributed by atoms with Crippen LogP contribution in [0.3, 0.4) is 0 Å². The Morgan fingerprint density at radius 1 is 1.25 bits per heavy atom. The molecule has 0 spiro atoms. The van der Waals surface area contributed by atoms with Crippen LogP contribution in [-0.2, 0) is 11.3 Å². The minimum Gasteiger partial charge on any atom is -0.490 e. The van der Waals surface area contributed by atoms with Gasteiger partial charge in [0.1, 0.15) is 6.04 Å². The fourth-order valence-corrected chi connectivity index (χ4v) is 2.77. The molecule has 0 fully saturated rings. The number of benzene rings is 1. The lowest BCUT2D eigenvalue weighted by Crippen LogP contribution is -2.37. The molecule has 5 nitrogen and oxygen atoms in total. The van der Waals surface area contributed by atoms with E-state index in [1.165, 1.54) is 0 Å². The summed E-state index contributed by atoms with van der Waals surface area (Å²) in [4.78, 5) is 11.4. The predicted molar refractivity (Wildman–Crippen MR) is 98.8 cm³/mol. The van der Waals surface area contributed by atoms with E-state index in [4.69, 9.17) is 9.47 Å². The van der Waals surface area contributed by atoms with Gasteiger partial charge in [0.15, 0.2) is 11.5 Å². The summed E-state index contributed by atoms with van der Waals surface area (Å²) in [5, 5.41) is 12.4. The SMILES string of the molecule is CCOc1cc(CNC(CC(C)C)C(=O)O)c(Br)cc1OC(C)C. The van der Waals surface area contributed by atoms with Crippen LogP contribution in [0.2, 0.25) is 0 Å². The van der Waals surface area contributed by atoms with E-state index in [0.29, 0.717) is 37.0 Å². The third-order valence-electron chi connectivity index (χ3n) is 3.32. The summed E-state index contributed by atoms with van der Waals surface area (Å²) in [5.74, 6) is 0.828. The van der Waals surface area contributed by atoms with Crippen LogP contribution in [0.4, 0.5) is 0 Å². The fraction of sp³-hybridized carbons (Fsp3) is 0.611. The fourth-order valence-electron chi connectivity index (χ4n) is 2.30.